The first-order valence-electron chi connectivity index (χ1n) is 9.88. The average Bonchev–Trinajstić information content (AvgIpc) is 2.75. The highest BCUT2D eigenvalue weighted by Crippen LogP contribution is 2.35. The van der Waals surface area contributed by atoms with Gasteiger partial charge in [0.25, 0.3) is 0 Å². The number of aromatic carboxylic acids is 1. The molecule has 0 aliphatic heterocycles. The maximum Gasteiger partial charge on any atom is 0.336 e. The molecule has 0 saturated carbocycles. The summed E-state index contributed by atoms with van der Waals surface area (Å²) in [5, 5.41) is 14.0. The smallest absolute Gasteiger partial charge is 0.336 e. The molecule has 5 nitrogen and oxygen atoms in total. The van der Waals surface area contributed by atoms with E-state index < -0.39 is 5.97 Å². The molecule has 0 radical (unpaired) electrons. The first-order valence-corrected chi connectivity index (χ1v) is 11.0. The quantitative estimate of drug-likeness (QED) is 0.328. The van der Waals surface area contributed by atoms with Crippen LogP contribution in [0.1, 0.15) is 34.0 Å². The zero-order chi connectivity index (χ0) is 23.3. The Morgan fingerprint density at radius 2 is 1.72 bits per heavy atom. The molecule has 0 aromatic heterocycles. The molecule has 8 heteroatoms. The van der Waals surface area contributed by atoms with Crippen molar-refractivity contribution in [2.75, 3.05) is 11.9 Å². The second kappa shape index (κ2) is 10.8. The lowest BCUT2D eigenvalue weighted by molar-refractivity contribution is 0.0696. The molecule has 0 atom stereocenters. The van der Waals surface area contributed by atoms with Crippen LogP contribution in [0.4, 0.5) is 5.69 Å². The van der Waals surface area contributed by atoms with Gasteiger partial charge in [-0.1, -0.05) is 46.9 Å². The van der Waals surface area contributed by atoms with Crippen LogP contribution in [0.25, 0.3) is 0 Å². The van der Waals surface area contributed by atoms with Crippen LogP contribution in [0, 0.1) is 6.92 Å². The number of carboxylic acids is 1. The summed E-state index contributed by atoms with van der Waals surface area (Å²) in [4.78, 5) is 11.4. The highest BCUT2D eigenvalue weighted by Gasteiger charge is 2.14. The third kappa shape index (κ3) is 5.80. The van der Waals surface area contributed by atoms with Crippen molar-refractivity contribution in [3.63, 3.8) is 0 Å². The molecule has 0 amide bonds. The van der Waals surface area contributed by atoms with E-state index in [9.17, 15) is 9.90 Å². The van der Waals surface area contributed by atoms with E-state index in [2.05, 4.69) is 5.32 Å². The molecule has 0 saturated heterocycles. The first-order chi connectivity index (χ1) is 15.3. The lowest BCUT2D eigenvalue weighted by atomic mass is 10.1. The molecule has 3 aromatic carbocycles. The molecule has 0 spiro atoms. The van der Waals surface area contributed by atoms with Crippen molar-refractivity contribution in [2.24, 2.45) is 0 Å². The van der Waals surface area contributed by atoms with Crippen LogP contribution in [0.2, 0.25) is 15.1 Å². The molecule has 0 unspecified atom stereocenters. The van der Waals surface area contributed by atoms with Crippen molar-refractivity contribution in [1.82, 2.24) is 0 Å². The van der Waals surface area contributed by atoms with Gasteiger partial charge in [0.2, 0.25) is 0 Å². The molecule has 0 aliphatic carbocycles. The Morgan fingerprint density at radius 1 is 0.969 bits per heavy atom. The second-order valence-corrected chi connectivity index (χ2v) is 8.22. The Morgan fingerprint density at radius 3 is 2.41 bits per heavy atom. The number of nitrogens with one attached hydrogen (secondary N) is 1. The summed E-state index contributed by atoms with van der Waals surface area (Å²) in [7, 11) is 0. The van der Waals surface area contributed by atoms with Crippen molar-refractivity contribution in [2.45, 2.75) is 27.0 Å². The highest BCUT2D eigenvalue weighted by molar-refractivity contribution is 6.42. The maximum atomic E-state index is 11.4. The number of hydrogen-bond donors (Lipinski definition) is 2. The molecule has 0 heterocycles. The van der Waals surface area contributed by atoms with E-state index in [0.29, 0.717) is 45.3 Å². The first kappa shape index (κ1) is 24.1. The Hall–Kier alpha value is -2.60. The third-order valence-electron chi connectivity index (χ3n) is 4.82. The van der Waals surface area contributed by atoms with Crippen LogP contribution in [-0.4, -0.2) is 17.7 Å². The Kier molecular flexibility index (Phi) is 8.13. The Balaban J connectivity index is 1.78. The fraction of sp³-hybridized carbons (Fsp3) is 0.208. The largest absolute Gasteiger partial charge is 0.490 e. The van der Waals surface area contributed by atoms with Crippen molar-refractivity contribution in [1.29, 1.82) is 0 Å². The van der Waals surface area contributed by atoms with Crippen molar-refractivity contribution in [3.8, 4) is 11.5 Å². The number of anilines is 1. The van der Waals surface area contributed by atoms with Crippen LogP contribution < -0.4 is 14.8 Å². The zero-order valence-electron chi connectivity index (χ0n) is 17.5. The second-order valence-electron chi connectivity index (χ2n) is 7.00. The molecule has 3 rings (SSSR count). The van der Waals surface area contributed by atoms with E-state index in [4.69, 9.17) is 44.3 Å². The number of rotatable bonds is 9. The highest BCUT2D eigenvalue weighted by atomic mass is 35.5. The van der Waals surface area contributed by atoms with Gasteiger partial charge in [0.1, 0.15) is 6.61 Å². The van der Waals surface area contributed by atoms with Crippen LogP contribution in [-0.2, 0) is 13.2 Å². The predicted octanol–water partition coefficient (Wildman–Crippen LogP) is 7.24. The fourth-order valence-corrected chi connectivity index (χ4v) is 3.67. The van der Waals surface area contributed by atoms with Gasteiger partial charge in [-0.05, 0) is 60.9 Å². The standard InChI is InChI=1S/C24H22Cl3NO4/c1-3-31-22-10-16(12-28-21-6-4-5-17(14(21)2)24(29)30)19(26)11-23(22)32-13-15-7-8-18(25)20(27)9-15/h4-11,28H,3,12-13H2,1-2H3,(H,29,30). The van der Waals surface area contributed by atoms with Gasteiger partial charge in [-0.2, -0.15) is 0 Å². The van der Waals surface area contributed by atoms with E-state index in [-0.39, 0.29) is 12.2 Å². The van der Waals surface area contributed by atoms with Gasteiger partial charge < -0.3 is 19.9 Å². The van der Waals surface area contributed by atoms with Gasteiger partial charge >= 0.3 is 5.97 Å². The van der Waals surface area contributed by atoms with Gasteiger partial charge in [-0.3, -0.25) is 0 Å². The van der Waals surface area contributed by atoms with E-state index in [1.165, 1.54) is 0 Å². The van der Waals surface area contributed by atoms with E-state index in [1.807, 2.05) is 25.1 Å². The molecule has 3 aromatic rings. The minimum atomic E-state index is -0.966. The van der Waals surface area contributed by atoms with Crippen molar-refractivity contribution in [3.05, 3.63) is 85.9 Å². The number of hydrogen-bond acceptors (Lipinski definition) is 4. The summed E-state index contributed by atoms with van der Waals surface area (Å²) in [6.45, 7) is 4.76. The summed E-state index contributed by atoms with van der Waals surface area (Å²) >= 11 is 18.5. The van der Waals surface area contributed by atoms with Crippen LogP contribution in [0.5, 0.6) is 11.5 Å². The lowest BCUT2D eigenvalue weighted by Crippen LogP contribution is -2.07. The minimum Gasteiger partial charge on any atom is -0.490 e. The molecule has 0 bridgehead atoms. The van der Waals surface area contributed by atoms with Gasteiger partial charge in [0.15, 0.2) is 11.5 Å². The van der Waals surface area contributed by atoms with Crippen LogP contribution in [0.3, 0.4) is 0 Å². The molecule has 0 fully saturated rings. The molecular formula is C24H22Cl3NO4. The molecule has 32 heavy (non-hydrogen) atoms. The number of benzene rings is 3. The normalized spacial score (nSPS) is 10.7. The monoisotopic (exact) mass is 493 g/mol. The summed E-state index contributed by atoms with van der Waals surface area (Å²) < 4.78 is 11.7. The van der Waals surface area contributed by atoms with Crippen LogP contribution >= 0.6 is 34.8 Å². The fourth-order valence-electron chi connectivity index (χ4n) is 3.13. The van der Waals surface area contributed by atoms with Gasteiger partial charge in [0, 0.05) is 23.3 Å². The average molecular weight is 495 g/mol. The topological polar surface area (TPSA) is 67.8 Å². The Bertz CT molecular complexity index is 1130. The minimum absolute atomic E-state index is 0.252. The molecule has 168 valence electrons. The van der Waals surface area contributed by atoms with E-state index >= 15 is 0 Å². The van der Waals surface area contributed by atoms with Gasteiger partial charge in [0.05, 0.1) is 22.2 Å². The SMILES string of the molecule is CCOc1cc(CNc2cccc(C(=O)O)c2C)c(Cl)cc1OCc1ccc(Cl)c(Cl)c1. The number of halogens is 3. The van der Waals surface area contributed by atoms with Gasteiger partial charge in [-0.15, -0.1) is 0 Å². The molecular weight excluding hydrogens is 473 g/mol. The zero-order valence-corrected chi connectivity index (χ0v) is 19.8. The number of carboxylic acid groups (broad SMARTS) is 1. The summed E-state index contributed by atoms with van der Waals surface area (Å²) in [5.41, 5.74) is 3.28. The summed E-state index contributed by atoms with van der Waals surface area (Å²) in [6.07, 6.45) is 0. The van der Waals surface area contributed by atoms with E-state index in [1.54, 1.807) is 37.3 Å². The molecule has 2 N–H and O–H groups in total. The van der Waals surface area contributed by atoms with Crippen molar-refractivity contribution < 1.29 is 19.4 Å². The summed E-state index contributed by atoms with van der Waals surface area (Å²) in [5.74, 6) is 0.104. The summed E-state index contributed by atoms with van der Waals surface area (Å²) in [6, 6.07) is 13.9. The molecule has 0 aliphatic rings. The maximum absolute atomic E-state index is 11.4. The van der Waals surface area contributed by atoms with E-state index in [0.717, 1.165) is 16.8 Å². The Labute approximate surface area is 201 Å². The third-order valence-corrected chi connectivity index (χ3v) is 5.92. The number of carbonyl (C=O) groups is 1. The predicted molar refractivity (Wildman–Crippen MR) is 129 cm³/mol. The van der Waals surface area contributed by atoms with Crippen molar-refractivity contribution >= 4 is 46.5 Å². The van der Waals surface area contributed by atoms with Gasteiger partial charge in [-0.25, -0.2) is 4.79 Å². The number of ether oxygens (including phenoxy) is 2. The lowest BCUT2D eigenvalue weighted by Gasteiger charge is -2.17. The van der Waals surface area contributed by atoms with Crippen LogP contribution in [0.15, 0.2) is 48.5 Å².